The lowest BCUT2D eigenvalue weighted by molar-refractivity contribution is -0.145. The summed E-state index contributed by atoms with van der Waals surface area (Å²) in [6.07, 6.45) is 0. The predicted octanol–water partition coefficient (Wildman–Crippen LogP) is 3.37. The fourth-order valence-electron chi connectivity index (χ4n) is 3.01. The quantitative estimate of drug-likeness (QED) is 0.336. The second-order valence-corrected chi connectivity index (χ2v) is 9.58. The van der Waals surface area contributed by atoms with E-state index in [1.165, 1.54) is 4.90 Å². The van der Waals surface area contributed by atoms with Crippen LogP contribution in [-0.4, -0.2) is 58.6 Å². The molecule has 0 saturated carbocycles. The van der Waals surface area contributed by atoms with Crippen molar-refractivity contribution in [1.29, 1.82) is 0 Å². The van der Waals surface area contributed by atoms with Crippen molar-refractivity contribution in [3.05, 3.63) is 58.3 Å². The summed E-state index contributed by atoms with van der Waals surface area (Å²) in [5.41, 5.74) is 1.27. The molecule has 0 atom stereocenters. The van der Waals surface area contributed by atoms with Gasteiger partial charge in [-0.15, -0.1) is 11.8 Å². The Morgan fingerprint density at radius 2 is 1.86 bits per heavy atom. The summed E-state index contributed by atoms with van der Waals surface area (Å²) in [7, 11) is 0. The molecule has 2 amide bonds. The molecular formula is C24H26N4O7S2. The van der Waals surface area contributed by atoms with E-state index in [4.69, 9.17) is 14.0 Å². The number of esters is 2. The molecule has 0 spiro atoms. The fraction of sp³-hybridized carbons (Fsp3) is 0.333. The van der Waals surface area contributed by atoms with Crippen LogP contribution in [0.25, 0.3) is 0 Å². The molecule has 0 radical (unpaired) electrons. The molecule has 2 aromatic heterocycles. The van der Waals surface area contributed by atoms with Crippen molar-refractivity contribution in [2.24, 2.45) is 0 Å². The molecule has 0 bridgehead atoms. The number of aromatic nitrogens is 2. The highest BCUT2D eigenvalue weighted by Crippen LogP contribution is 2.28. The molecule has 2 heterocycles. The van der Waals surface area contributed by atoms with Gasteiger partial charge in [0.1, 0.15) is 10.6 Å². The molecule has 3 aromatic rings. The third-order valence-corrected chi connectivity index (χ3v) is 6.73. The molecule has 0 unspecified atom stereocenters. The van der Waals surface area contributed by atoms with Crippen LogP contribution in [0.15, 0.2) is 40.9 Å². The van der Waals surface area contributed by atoms with E-state index in [1.54, 1.807) is 26.8 Å². The molecular weight excluding hydrogens is 520 g/mol. The number of nitrogens with one attached hydrogen (secondary N) is 1. The predicted molar refractivity (Wildman–Crippen MR) is 139 cm³/mol. The van der Waals surface area contributed by atoms with Crippen molar-refractivity contribution >= 4 is 57.8 Å². The Balaban J connectivity index is 1.57. The fourth-order valence-corrected chi connectivity index (χ4v) is 4.59. The average molecular weight is 547 g/mol. The molecule has 0 fully saturated rings. The normalized spacial score (nSPS) is 10.6. The maximum Gasteiger partial charge on any atom is 0.350 e. The van der Waals surface area contributed by atoms with Crippen LogP contribution in [0.3, 0.4) is 0 Å². The molecule has 0 aliphatic carbocycles. The van der Waals surface area contributed by atoms with E-state index < -0.39 is 24.5 Å². The monoisotopic (exact) mass is 546 g/mol. The number of anilines is 2. The van der Waals surface area contributed by atoms with Crippen LogP contribution < -0.4 is 10.2 Å². The van der Waals surface area contributed by atoms with Gasteiger partial charge in [-0.3, -0.25) is 19.3 Å². The Bertz CT molecular complexity index is 1240. The number of benzene rings is 1. The summed E-state index contributed by atoms with van der Waals surface area (Å²) >= 11 is 2.07. The molecule has 37 heavy (non-hydrogen) atoms. The summed E-state index contributed by atoms with van der Waals surface area (Å²) in [6, 6.07) is 10.8. The summed E-state index contributed by atoms with van der Waals surface area (Å²) in [6.45, 7) is 4.93. The Morgan fingerprint density at radius 3 is 2.54 bits per heavy atom. The average Bonchev–Trinajstić information content (AvgIpc) is 3.46. The van der Waals surface area contributed by atoms with Crippen LogP contribution in [0, 0.1) is 13.8 Å². The van der Waals surface area contributed by atoms with Gasteiger partial charge in [0.25, 0.3) is 5.91 Å². The number of hydrogen-bond donors (Lipinski definition) is 1. The van der Waals surface area contributed by atoms with Crippen molar-refractivity contribution in [1.82, 2.24) is 10.1 Å². The number of thiazole rings is 1. The van der Waals surface area contributed by atoms with Crippen LogP contribution in [0.1, 0.15) is 33.6 Å². The van der Waals surface area contributed by atoms with Crippen molar-refractivity contribution in [2.75, 3.05) is 34.9 Å². The van der Waals surface area contributed by atoms with Gasteiger partial charge in [-0.05, 0) is 26.3 Å². The van der Waals surface area contributed by atoms with Crippen molar-refractivity contribution in [3.63, 3.8) is 0 Å². The molecule has 0 aliphatic heterocycles. The van der Waals surface area contributed by atoms with E-state index in [2.05, 4.69) is 15.5 Å². The number of hydrogen-bond acceptors (Lipinski definition) is 11. The van der Waals surface area contributed by atoms with Crippen LogP contribution in [0.2, 0.25) is 0 Å². The third-order valence-electron chi connectivity index (χ3n) is 4.67. The first-order valence-electron chi connectivity index (χ1n) is 11.2. The molecule has 0 aliphatic rings. The second kappa shape index (κ2) is 13.6. The number of nitrogens with zero attached hydrogens (tertiary/aromatic N) is 3. The number of carbonyl (C=O) groups excluding carboxylic acids is 4. The second-order valence-electron chi connectivity index (χ2n) is 7.62. The number of ether oxygens (including phenoxy) is 2. The molecule has 13 heteroatoms. The van der Waals surface area contributed by atoms with Gasteiger partial charge in [0, 0.05) is 6.07 Å². The lowest BCUT2D eigenvalue weighted by atomic mass is 10.2. The first-order chi connectivity index (χ1) is 17.8. The lowest BCUT2D eigenvalue weighted by Crippen LogP contribution is -2.34. The van der Waals surface area contributed by atoms with Crippen molar-refractivity contribution in [3.8, 4) is 0 Å². The van der Waals surface area contributed by atoms with Crippen LogP contribution in [-0.2, 0) is 30.4 Å². The Hall–Kier alpha value is -3.71. The van der Waals surface area contributed by atoms with E-state index in [0.717, 1.165) is 28.7 Å². The highest BCUT2D eigenvalue weighted by atomic mass is 32.2. The van der Waals surface area contributed by atoms with Gasteiger partial charge in [-0.1, -0.05) is 46.8 Å². The zero-order valence-corrected chi connectivity index (χ0v) is 22.1. The Kier molecular flexibility index (Phi) is 10.2. The van der Waals surface area contributed by atoms with Crippen LogP contribution >= 0.6 is 23.1 Å². The SMILES string of the molecule is CCOC(=O)c1sc(N(Cc2ccccc2)C(=O)COC(=O)CSCC(=O)Nc2cc(C)on2)nc1C. The summed E-state index contributed by atoms with van der Waals surface area (Å²) in [4.78, 5) is 55.5. The van der Waals surface area contributed by atoms with Gasteiger partial charge < -0.3 is 19.3 Å². The number of carbonyl (C=O) groups is 4. The van der Waals surface area contributed by atoms with E-state index in [-0.39, 0.29) is 30.6 Å². The largest absolute Gasteiger partial charge is 0.462 e. The van der Waals surface area contributed by atoms with Gasteiger partial charge in [0.15, 0.2) is 17.6 Å². The minimum Gasteiger partial charge on any atom is -0.462 e. The van der Waals surface area contributed by atoms with Gasteiger partial charge >= 0.3 is 11.9 Å². The van der Waals surface area contributed by atoms with Crippen LogP contribution in [0.5, 0.6) is 0 Å². The molecule has 11 nitrogen and oxygen atoms in total. The molecule has 1 aromatic carbocycles. The van der Waals surface area contributed by atoms with E-state index in [0.29, 0.717) is 27.3 Å². The zero-order valence-electron chi connectivity index (χ0n) is 20.5. The topological polar surface area (TPSA) is 141 Å². The van der Waals surface area contributed by atoms with Crippen LogP contribution in [0.4, 0.5) is 10.9 Å². The maximum atomic E-state index is 13.1. The van der Waals surface area contributed by atoms with Crippen molar-refractivity contribution in [2.45, 2.75) is 27.3 Å². The van der Waals surface area contributed by atoms with E-state index in [9.17, 15) is 19.2 Å². The molecule has 0 saturated heterocycles. The third kappa shape index (κ3) is 8.43. The van der Waals surface area contributed by atoms with Gasteiger partial charge in [0.05, 0.1) is 30.4 Å². The standard InChI is InChI=1S/C24H26N4O7S2/c1-4-33-23(32)22-16(3)25-24(37-22)28(11-17-8-6-5-7-9-17)20(30)12-34-21(31)14-36-13-19(29)26-18-10-15(2)35-27-18/h5-10H,4,11-14H2,1-3H3,(H,26,27,29). The zero-order chi connectivity index (χ0) is 26.8. The highest BCUT2D eigenvalue weighted by molar-refractivity contribution is 8.00. The minimum absolute atomic E-state index is 0.00981. The molecule has 3 rings (SSSR count). The van der Waals surface area contributed by atoms with Crippen molar-refractivity contribution < 1.29 is 33.2 Å². The molecule has 1 N–H and O–H groups in total. The number of aryl methyl sites for hydroxylation is 2. The van der Waals surface area contributed by atoms with Gasteiger partial charge in [-0.2, -0.15) is 0 Å². The van der Waals surface area contributed by atoms with Gasteiger partial charge in [0.2, 0.25) is 5.91 Å². The smallest absolute Gasteiger partial charge is 0.350 e. The summed E-state index contributed by atoms with van der Waals surface area (Å²) < 4.78 is 15.1. The van der Waals surface area contributed by atoms with E-state index in [1.807, 2.05) is 30.3 Å². The minimum atomic E-state index is -0.648. The first kappa shape index (κ1) is 27.9. The Morgan fingerprint density at radius 1 is 1.11 bits per heavy atom. The number of thioether (sulfide) groups is 1. The number of amides is 2. The number of rotatable bonds is 12. The first-order valence-corrected chi connectivity index (χ1v) is 13.2. The maximum absolute atomic E-state index is 13.1. The van der Waals surface area contributed by atoms with E-state index >= 15 is 0 Å². The highest BCUT2D eigenvalue weighted by Gasteiger charge is 2.25. The summed E-state index contributed by atoms with van der Waals surface area (Å²) in [5.74, 6) is -1.31. The molecule has 196 valence electrons. The Labute approximate surface area is 221 Å². The summed E-state index contributed by atoms with van der Waals surface area (Å²) in [5, 5.41) is 6.51. The van der Waals surface area contributed by atoms with Gasteiger partial charge in [-0.25, -0.2) is 9.78 Å². The lowest BCUT2D eigenvalue weighted by Gasteiger charge is -2.20.